The highest BCUT2D eigenvalue weighted by atomic mass is 19.2. The summed E-state index contributed by atoms with van der Waals surface area (Å²) in [7, 11) is 0. The molecule has 0 spiro atoms. The first-order valence-corrected chi connectivity index (χ1v) is 5.89. The molecule has 2 aromatic rings. The lowest BCUT2D eigenvalue weighted by Gasteiger charge is -2.05. The number of nitrogens with one attached hydrogen (secondary N) is 2. The molecule has 0 unspecified atom stereocenters. The third kappa shape index (κ3) is 3.14. The van der Waals surface area contributed by atoms with Crippen molar-refractivity contribution in [3.63, 3.8) is 0 Å². The van der Waals surface area contributed by atoms with Crippen molar-refractivity contribution < 1.29 is 13.2 Å². The quantitative estimate of drug-likeness (QED) is 0.838. The summed E-state index contributed by atoms with van der Waals surface area (Å²) in [5.41, 5.74) is 0.959. The van der Waals surface area contributed by atoms with Gasteiger partial charge in [0.05, 0.1) is 0 Å². The SMILES string of the molecule is CC(C)NCc1cnc(-c2cc(F)c(F)c(F)c2)[nH]1. The summed E-state index contributed by atoms with van der Waals surface area (Å²) in [5.74, 6) is -3.63. The van der Waals surface area contributed by atoms with E-state index < -0.39 is 17.5 Å². The third-order valence-electron chi connectivity index (χ3n) is 2.59. The fourth-order valence-electron chi connectivity index (χ4n) is 1.60. The molecule has 0 bridgehead atoms. The van der Waals surface area contributed by atoms with Crippen LogP contribution in [-0.4, -0.2) is 16.0 Å². The number of hydrogen-bond donors (Lipinski definition) is 2. The highest BCUT2D eigenvalue weighted by Gasteiger charge is 2.13. The lowest BCUT2D eigenvalue weighted by Crippen LogP contribution is -2.21. The van der Waals surface area contributed by atoms with Crippen molar-refractivity contribution in [2.45, 2.75) is 26.4 Å². The van der Waals surface area contributed by atoms with E-state index >= 15 is 0 Å². The molecule has 0 aliphatic carbocycles. The van der Waals surface area contributed by atoms with Crippen LogP contribution in [0.15, 0.2) is 18.3 Å². The Bertz CT molecular complexity index is 555. The van der Waals surface area contributed by atoms with E-state index in [-0.39, 0.29) is 5.56 Å². The van der Waals surface area contributed by atoms with E-state index in [2.05, 4.69) is 15.3 Å². The molecule has 6 heteroatoms. The Kier molecular flexibility index (Phi) is 3.90. The molecule has 1 aromatic heterocycles. The first-order chi connectivity index (χ1) is 8.97. The van der Waals surface area contributed by atoms with Crippen molar-refractivity contribution in [1.29, 1.82) is 0 Å². The van der Waals surface area contributed by atoms with Crippen LogP contribution in [0, 0.1) is 17.5 Å². The maximum absolute atomic E-state index is 13.1. The lowest BCUT2D eigenvalue weighted by molar-refractivity contribution is 0.447. The van der Waals surface area contributed by atoms with Crippen molar-refractivity contribution in [2.75, 3.05) is 0 Å². The standard InChI is InChI=1S/C13H14F3N3/c1-7(2)17-5-9-6-18-13(19-9)8-3-10(14)12(16)11(15)4-8/h3-4,6-7,17H,5H2,1-2H3,(H,18,19). The maximum atomic E-state index is 13.1. The van der Waals surface area contributed by atoms with Crippen LogP contribution < -0.4 is 5.32 Å². The van der Waals surface area contributed by atoms with Gasteiger partial charge in [0.15, 0.2) is 17.5 Å². The number of H-pyrrole nitrogens is 1. The lowest BCUT2D eigenvalue weighted by atomic mass is 10.2. The minimum absolute atomic E-state index is 0.173. The molecule has 0 aliphatic rings. The molecule has 1 heterocycles. The van der Waals surface area contributed by atoms with Gasteiger partial charge in [-0.05, 0) is 12.1 Å². The van der Waals surface area contributed by atoms with Gasteiger partial charge in [0.25, 0.3) is 0 Å². The molecule has 0 amide bonds. The Labute approximate surface area is 108 Å². The second kappa shape index (κ2) is 5.44. The van der Waals surface area contributed by atoms with Gasteiger partial charge in [-0.1, -0.05) is 13.8 Å². The average molecular weight is 269 g/mol. The van der Waals surface area contributed by atoms with Crippen molar-refractivity contribution in [3.8, 4) is 11.4 Å². The number of imidazole rings is 1. The first-order valence-electron chi connectivity index (χ1n) is 5.89. The molecule has 2 rings (SSSR count). The molecule has 0 saturated carbocycles. The van der Waals surface area contributed by atoms with Gasteiger partial charge in [-0.15, -0.1) is 0 Å². The van der Waals surface area contributed by atoms with Gasteiger partial charge in [-0.2, -0.15) is 0 Å². The van der Waals surface area contributed by atoms with Crippen molar-refractivity contribution in [3.05, 3.63) is 41.5 Å². The van der Waals surface area contributed by atoms with Crippen molar-refractivity contribution >= 4 is 0 Å². The van der Waals surface area contributed by atoms with Crippen LogP contribution in [0.4, 0.5) is 13.2 Å². The minimum Gasteiger partial charge on any atom is -0.341 e. The van der Waals surface area contributed by atoms with E-state index in [1.807, 2.05) is 13.8 Å². The van der Waals surface area contributed by atoms with E-state index in [1.54, 1.807) is 6.20 Å². The van der Waals surface area contributed by atoms with Crippen LogP contribution in [0.25, 0.3) is 11.4 Å². The van der Waals surface area contributed by atoms with Crippen LogP contribution in [0.1, 0.15) is 19.5 Å². The number of aromatic nitrogens is 2. The summed E-state index contributed by atoms with van der Waals surface area (Å²) >= 11 is 0. The number of nitrogens with zero attached hydrogens (tertiary/aromatic N) is 1. The van der Waals surface area contributed by atoms with Gasteiger partial charge < -0.3 is 10.3 Å². The zero-order valence-corrected chi connectivity index (χ0v) is 10.6. The Morgan fingerprint density at radius 3 is 2.42 bits per heavy atom. The fraction of sp³-hybridized carbons (Fsp3) is 0.308. The normalized spacial score (nSPS) is 11.3. The molecule has 3 nitrogen and oxygen atoms in total. The number of hydrogen-bond acceptors (Lipinski definition) is 2. The average Bonchev–Trinajstić information content (AvgIpc) is 2.81. The second-order valence-corrected chi connectivity index (χ2v) is 4.55. The summed E-state index contributed by atoms with van der Waals surface area (Å²) in [4.78, 5) is 6.95. The highest BCUT2D eigenvalue weighted by Crippen LogP contribution is 2.21. The van der Waals surface area contributed by atoms with Gasteiger partial charge in [-0.25, -0.2) is 18.2 Å². The largest absolute Gasteiger partial charge is 0.341 e. The van der Waals surface area contributed by atoms with Gasteiger partial charge in [-0.3, -0.25) is 0 Å². The summed E-state index contributed by atoms with van der Waals surface area (Å²) in [6.07, 6.45) is 1.57. The third-order valence-corrected chi connectivity index (χ3v) is 2.59. The Morgan fingerprint density at radius 1 is 1.21 bits per heavy atom. The van der Waals surface area contributed by atoms with Gasteiger partial charge >= 0.3 is 0 Å². The summed E-state index contributed by atoms with van der Waals surface area (Å²) in [6, 6.07) is 2.14. The van der Waals surface area contributed by atoms with E-state index in [4.69, 9.17) is 0 Å². The zero-order chi connectivity index (χ0) is 14.0. The number of benzene rings is 1. The van der Waals surface area contributed by atoms with E-state index in [0.717, 1.165) is 17.8 Å². The van der Waals surface area contributed by atoms with Crippen molar-refractivity contribution in [1.82, 2.24) is 15.3 Å². The highest BCUT2D eigenvalue weighted by molar-refractivity contribution is 5.55. The van der Waals surface area contributed by atoms with Gasteiger partial charge in [0.2, 0.25) is 0 Å². The van der Waals surface area contributed by atoms with Crippen LogP contribution in [0.5, 0.6) is 0 Å². The molecule has 102 valence electrons. The van der Waals surface area contributed by atoms with E-state index in [9.17, 15) is 13.2 Å². The molecular formula is C13H14F3N3. The molecule has 1 aromatic carbocycles. The first kappa shape index (κ1) is 13.6. The second-order valence-electron chi connectivity index (χ2n) is 4.55. The summed E-state index contributed by atoms with van der Waals surface area (Å²) < 4.78 is 39.1. The molecule has 0 atom stereocenters. The predicted octanol–water partition coefficient (Wildman–Crippen LogP) is 2.99. The molecular weight excluding hydrogens is 255 g/mol. The van der Waals surface area contributed by atoms with E-state index in [0.29, 0.717) is 18.4 Å². The smallest absolute Gasteiger partial charge is 0.194 e. The predicted molar refractivity (Wildman–Crippen MR) is 65.9 cm³/mol. The van der Waals surface area contributed by atoms with E-state index in [1.165, 1.54) is 0 Å². The maximum Gasteiger partial charge on any atom is 0.194 e. The zero-order valence-electron chi connectivity index (χ0n) is 10.6. The van der Waals surface area contributed by atoms with Gasteiger partial charge in [0, 0.05) is 30.0 Å². The molecule has 0 aliphatic heterocycles. The molecule has 0 fully saturated rings. The number of rotatable bonds is 4. The molecule has 19 heavy (non-hydrogen) atoms. The Hall–Kier alpha value is -1.82. The van der Waals surface area contributed by atoms with Crippen molar-refractivity contribution in [2.24, 2.45) is 0 Å². The molecule has 2 N–H and O–H groups in total. The number of aromatic amines is 1. The fourth-order valence-corrected chi connectivity index (χ4v) is 1.60. The summed E-state index contributed by atoms with van der Waals surface area (Å²) in [5, 5.41) is 3.18. The number of halogens is 3. The minimum atomic E-state index is -1.47. The van der Waals surface area contributed by atoms with Crippen LogP contribution in [0.2, 0.25) is 0 Å². The monoisotopic (exact) mass is 269 g/mol. The van der Waals surface area contributed by atoms with Crippen LogP contribution in [0.3, 0.4) is 0 Å². The Balaban J connectivity index is 2.23. The van der Waals surface area contributed by atoms with Crippen LogP contribution in [-0.2, 0) is 6.54 Å². The topological polar surface area (TPSA) is 40.7 Å². The van der Waals surface area contributed by atoms with Crippen LogP contribution >= 0.6 is 0 Å². The molecule has 0 saturated heterocycles. The summed E-state index contributed by atoms with van der Waals surface area (Å²) in [6.45, 7) is 4.57. The molecule has 0 radical (unpaired) electrons. The Morgan fingerprint density at radius 2 is 1.84 bits per heavy atom. The van der Waals surface area contributed by atoms with Gasteiger partial charge in [0.1, 0.15) is 5.82 Å².